The number of carbonyl (C=O) groups excluding carboxylic acids is 2. The molecular formula is C57H76O9. The number of benzene rings is 1. The van der Waals surface area contributed by atoms with Gasteiger partial charge in [0.05, 0.1) is 31.0 Å². The minimum absolute atomic E-state index is 0.00521. The van der Waals surface area contributed by atoms with Crippen LogP contribution in [0, 0.1) is 85.3 Å². The monoisotopic (exact) mass is 905 g/mol. The molecule has 0 aromatic heterocycles. The number of hydrogen-bond acceptors (Lipinski definition) is 9. The van der Waals surface area contributed by atoms with E-state index in [0.717, 1.165) is 73.8 Å². The molecular weight excluding hydrogens is 829 g/mol. The minimum atomic E-state index is -1.37. The number of fused-ring (bicyclic) bond motifs is 7. The van der Waals surface area contributed by atoms with Crippen molar-refractivity contribution in [1.82, 2.24) is 0 Å². The van der Waals surface area contributed by atoms with Gasteiger partial charge < -0.3 is 35.4 Å². The van der Waals surface area contributed by atoms with Crippen molar-refractivity contribution in [3.05, 3.63) is 45.3 Å². The van der Waals surface area contributed by atoms with Gasteiger partial charge in [-0.3, -0.25) is 9.59 Å². The van der Waals surface area contributed by atoms with Crippen LogP contribution in [0.15, 0.2) is 23.8 Å². The van der Waals surface area contributed by atoms with Crippen LogP contribution in [-0.4, -0.2) is 86.4 Å². The second-order valence-electron chi connectivity index (χ2n) is 24.8. The Bertz CT molecular complexity index is 2430. The maximum absolute atomic E-state index is 16.4. The Kier molecular flexibility index (Phi) is 10.5. The second-order valence-corrected chi connectivity index (χ2v) is 24.8. The lowest BCUT2D eigenvalue weighted by molar-refractivity contribution is -0.321. The Morgan fingerprint density at radius 3 is 2.44 bits per heavy atom. The van der Waals surface area contributed by atoms with E-state index >= 15 is 4.79 Å². The lowest BCUT2D eigenvalue weighted by Crippen LogP contribution is -2.80. The summed E-state index contributed by atoms with van der Waals surface area (Å²) in [4.78, 5) is 30.7. The number of carbonyl (C=O) groups is 2. The molecule has 11 aliphatic rings. The summed E-state index contributed by atoms with van der Waals surface area (Å²) in [6, 6.07) is 3.88. The van der Waals surface area contributed by atoms with Crippen molar-refractivity contribution in [3.63, 3.8) is 0 Å². The third-order valence-corrected chi connectivity index (χ3v) is 22.6. The number of rotatable bonds is 8. The zero-order chi connectivity index (χ0) is 46.6. The molecule has 0 aliphatic heterocycles. The highest BCUT2D eigenvalue weighted by molar-refractivity contribution is 5.97. The highest BCUT2D eigenvalue weighted by Crippen LogP contribution is 2.85. The lowest BCUT2D eigenvalue weighted by atomic mass is 9.25. The number of aliphatic hydroxyl groups excluding tert-OH is 5. The van der Waals surface area contributed by atoms with E-state index in [1.807, 2.05) is 19.1 Å². The summed E-state index contributed by atoms with van der Waals surface area (Å²) in [6.07, 6.45) is 16.1. The highest BCUT2D eigenvalue weighted by Gasteiger charge is 2.84. The van der Waals surface area contributed by atoms with Gasteiger partial charge in [-0.1, -0.05) is 57.3 Å². The SMILES string of the molecule is COCCCC(=O)c1cc(C(C)O)cc2c1=CC1CCC34CCC5C(C)(C(O)CO)C(O)CCC5(C1C=2)C3C(=O)C=C1C2CC3(C)CCC#CC5(O)CCC(C(O)C25C2(CCCC2)C3)C14C. The van der Waals surface area contributed by atoms with Gasteiger partial charge in [-0.2, -0.15) is 0 Å². The van der Waals surface area contributed by atoms with E-state index in [1.54, 1.807) is 14.0 Å². The Morgan fingerprint density at radius 2 is 1.71 bits per heavy atom. The molecule has 0 amide bonds. The summed E-state index contributed by atoms with van der Waals surface area (Å²) in [6.45, 7) is 8.49. The van der Waals surface area contributed by atoms with Gasteiger partial charge in [0, 0.05) is 54.3 Å². The number of allylic oxidation sites excluding steroid dienone is 2. The molecule has 7 saturated carbocycles. The standard InChI is InChI=1S/C57H76O9/c1-33(59)35-25-36-28-40-34(26-37(36)38(27-35)43(60)11-10-24-66-5)12-20-54-21-14-45-51(3,47(63)31-58)46(62)15-23-56(40,45)48(54)44(61)29-41-42-30-50(2)16-6-9-19-55(65)22-13-39(52(41,54)4)49(64)57(42,55)53(32-50)17-7-8-18-53/h25-29,33-34,39-40,42,45-49,58-59,62-65H,6-8,10-18,20-24,30-32H2,1-5H3. The molecule has 0 saturated heterocycles. The van der Waals surface area contributed by atoms with E-state index in [-0.39, 0.29) is 52.0 Å². The van der Waals surface area contributed by atoms with Crippen LogP contribution in [0.2, 0.25) is 0 Å². The fourth-order valence-corrected chi connectivity index (χ4v) is 20.3. The highest BCUT2D eigenvalue weighted by atomic mass is 16.5. The number of hydrogen-bond donors (Lipinski definition) is 6. The van der Waals surface area contributed by atoms with Crippen LogP contribution in [-0.2, 0) is 9.53 Å². The molecule has 11 aliphatic carbocycles. The Balaban J connectivity index is 1.17. The van der Waals surface area contributed by atoms with E-state index in [4.69, 9.17) is 4.74 Å². The van der Waals surface area contributed by atoms with Crippen LogP contribution in [0.1, 0.15) is 165 Å². The predicted molar refractivity (Wildman–Crippen MR) is 250 cm³/mol. The first-order chi connectivity index (χ1) is 31.4. The molecule has 17 atom stereocenters. The van der Waals surface area contributed by atoms with Gasteiger partial charge >= 0.3 is 0 Å². The summed E-state index contributed by atoms with van der Waals surface area (Å²) < 4.78 is 5.32. The Hall–Kier alpha value is -2.68. The first kappa shape index (κ1) is 45.7. The molecule has 3 spiro atoms. The van der Waals surface area contributed by atoms with Crippen molar-refractivity contribution in [3.8, 4) is 11.8 Å². The summed E-state index contributed by atoms with van der Waals surface area (Å²) in [5.41, 5.74) is -3.30. The third-order valence-electron chi connectivity index (χ3n) is 22.6. The van der Waals surface area contributed by atoms with Gasteiger partial charge in [-0.15, -0.1) is 5.92 Å². The molecule has 1 aromatic carbocycles. The number of methoxy groups -OCH3 is 1. The molecule has 17 unspecified atom stereocenters. The average Bonchev–Trinajstić information content (AvgIpc) is 3.75. The van der Waals surface area contributed by atoms with E-state index in [0.29, 0.717) is 75.5 Å². The van der Waals surface area contributed by atoms with Crippen LogP contribution in [0.4, 0.5) is 0 Å². The zero-order valence-corrected chi connectivity index (χ0v) is 40.2. The zero-order valence-electron chi connectivity index (χ0n) is 40.2. The quantitative estimate of drug-likeness (QED) is 0.101. The molecule has 0 heterocycles. The van der Waals surface area contributed by atoms with Crippen molar-refractivity contribution in [1.29, 1.82) is 0 Å². The van der Waals surface area contributed by atoms with E-state index in [9.17, 15) is 35.4 Å². The summed E-state index contributed by atoms with van der Waals surface area (Å²) in [5, 5.41) is 75.1. The molecule has 6 N–H and O–H groups in total. The van der Waals surface area contributed by atoms with Gasteiger partial charge in [0.1, 0.15) is 5.60 Å². The van der Waals surface area contributed by atoms with E-state index in [1.165, 1.54) is 0 Å². The smallest absolute Gasteiger partial charge is 0.163 e. The third kappa shape index (κ3) is 5.45. The van der Waals surface area contributed by atoms with Crippen molar-refractivity contribution in [2.24, 2.45) is 73.4 Å². The van der Waals surface area contributed by atoms with Crippen molar-refractivity contribution < 1.29 is 45.0 Å². The summed E-state index contributed by atoms with van der Waals surface area (Å²) >= 11 is 0. The predicted octanol–water partition coefficient (Wildman–Crippen LogP) is 6.25. The molecule has 0 radical (unpaired) electrons. The van der Waals surface area contributed by atoms with E-state index < -0.39 is 69.6 Å². The minimum Gasteiger partial charge on any atom is -0.394 e. The molecule has 358 valence electrons. The number of ketones is 2. The fraction of sp³-hybridized carbons (Fsp3) is 0.754. The van der Waals surface area contributed by atoms with Crippen LogP contribution in [0.25, 0.3) is 12.2 Å². The van der Waals surface area contributed by atoms with Gasteiger partial charge in [0.25, 0.3) is 0 Å². The number of ether oxygens (including phenoxy) is 1. The first-order valence-corrected chi connectivity index (χ1v) is 26.1. The maximum Gasteiger partial charge on any atom is 0.163 e. The van der Waals surface area contributed by atoms with Crippen LogP contribution in [0.3, 0.4) is 0 Å². The molecule has 66 heavy (non-hydrogen) atoms. The fourth-order valence-electron chi connectivity index (χ4n) is 20.3. The maximum atomic E-state index is 16.4. The largest absolute Gasteiger partial charge is 0.394 e. The molecule has 5 bridgehead atoms. The van der Waals surface area contributed by atoms with Gasteiger partial charge in [-0.05, 0) is 182 Å². The molecule has 9 heteroatoms. The van der Waals surface area contributed by atoms with Gasteiger partial charge in [-0.25, -0.2) is 0 Å². The second kappa shape index (κ2) is 15.2. The van der Waals surface area contributed by atoms with Crippen molar-refractivity contribution >= 4 is 23.7 Å². The van der Waals surface area contributed by atoms with Crippen LogP contribution >= 0.6 is 0 Å². The molecule has 9 nitrogen and oxygen atoms in total. The summed E-state index contributed by atoms with van der Waals surface area (Å²) in [5.74, 6) is 5.55. The van der Waals surface area contributed by atoms with Gasteiger partial charge in [0.2, 0.25) is 0 Å². The summed E-state index contributed by atoms with van der Waals surface area (Å²) in [7, 11) is 1.64. The molecule has 7 fully saturated rings. The first-order valence-electron chi connectivity index (χ1n) is 26.1. The van der Waals surface area contributed by atoms with Gasteiger partial charge in [0.15, 0.2) is 11.6 Å². The number of Topliss-reactive ketones (excluding diaryl/α,β-unsaturated/α-hetero) is 1. The van der Waals surface area contributed by atoms with Crippen molar-refractivity contribution in [2.45, 2.75) is 173 Å². The normalized spacial score (nSPS) is 47.5. The van der Waals surface area contributed by atoms with E-state index in [2.05, 4.69) is 43.9 Å². The number of aliphatic hydroxyl groups is 6. The Morgan fingerprint density at radius 1 is 0.955 bits per heavy atom. The average molecular weight is 905 g/mol. The van der Waals surface area contributed by atoms with Crippen LogP contribution in [0.5, 0.6) is 0 Å². The lowest BCUT2D eigenvalue weighted by Gasteiger charge is -2.79. The van der Waals surface area contributed by atoms with Crippen molar-refractivity contribution in [2.75, 3.05) is 20.3 Å². The van der Waals surface area contributed by atoms with Crippen LogP contribution < -0.4 is 10.4 Å². The molecule has 1 aromatic rings. The topological polar surface area (TPSA) is 165 Å². The Labute approximate surface area is 391 Å². The molecule has 12 rings (SSSR count).